The number of ketones is 2. The molecule has 7 heteroatoms. The molecule has 0 amide bonds. The number of aliphatic hydroxyl groups excluding tert-OH is 2. The van der Waals surface area contributed by atoms with E-state index in [0.29, 0.717) is 24.0 Å². The van der Waals surface area contributed by atoms with Crippen LogP contribution in [-0.4, -0.2) is 59.8 Å². The van der Waals surface area contributed by atoms with Crippen LogP contribution in [0.15, 0.2) is 60.7 Å². The first-order chi connectivity index (χ1) is 23.4. The molecule has 1 atom stereocenters. The largest absolute Gasteiger partial charge is 0.463 e. The number of hydrogen-bond acceptors (Lipinski definition) is 7. The third-order valence-corrected chi connectivity index (χ3v) is 8.67. The van der Waals surface area contributed by atoms with Gasteiger partial charge in [-0.15, -0.1) is 0 Å². The zero-order chi connectivity index (χ0) is 35.3. The fourth-order valence-electron chi connectivity index (χ4n) is 5.64. The van der Waals surface area contributed by atoms with Crippen molar-refractivity contribution in [1.82, 2.24) is 0 Å². The van der Waals surface area contributed by atoms with E-state index in [1.54, 1.807) is 48.5 Å². The van der Waals surface area contributed by atoms with E-state index in [0.717, 1.165) is 25.7 Å². The van der Waals surface area contributed by atoms with Gasteiger partial charge in [0, 0.05) is 24.7 Å². The number of aliphatic hydroxyl groups is 2. The minimum Gasteiger partial charge on any atom is -0.463 e. The highest BCUT2D eigenvalue weighted by atomic mass is 16.5. The van der Waals surface area contributed by atoms with Gasteiger partial charge < -0.3 is 19.7 Å². The van der Waals surface area contributed by atoms with Crippen LogP contribution in [0.1, 0.15) is 157 Å². The summed E-state index contributed by atoms with van der Waals surface area (Å²) in [6.45, 7) is 3.82. The van der Waals surface area contributed by atoms with E-state index in [9.17, 15) is 14.4 Å². The third kappa shape index (κ3) is 18.0. The van der Waals surface area contributed by atoms with Gasteiger partial charge in [-0.25, -0.2) is 0 Å². The van der Waals surface area contributed by atoms with Gasteiger partial charge in [-0.2, -0.15) is 0 Å². The summed E-state index contributed by atoms with van der Waals surface area (Å²) in [6.07, 6.45) is 21.0. The summed E-state index contributed by atoms with van der Waals surface area (Å²) in [4.78, 5) is 37.5. The van der Waals surface area contributed by atoms with Gasteiger partial charge in [0.25, 0.3) is 0 Å². The lowest BCUT2D eigenvalue weighted by molar-refractivity contribution is -0.147. The topological polar surface area (TPSA) is 110 Å². The van der Waals surface area contributed by atoms with Crippen molar-refractivity contribution in [2.24, 2.45) is 0 Å². The van der Waals surface area contributed by atoms with Crippen molar-refractivity contribution in [2.75, 3.05) is 20.3 Å². The summed E-state index contributed by atoms with van der Waals surface area (Å²) in [5, 5.41) is 17.7. The van der Waals surface area contributed by atoms with E-state index < -0.39 is 11.7 Å². The van der Waals surface area contributed by atoms with Gasteiger partial charge in [0.15, 0.2) is 5.60 Å². The maximum Gasteiger partial charge on any atom is 0.305 e. The Hall–Kier alpha value is -2.87. The van der Waals surface area contributed by atoms with Gasteiger partial charge in [-0.3, -0.25) is 14.4 Å². The highest BCUT2D eigenvalue weighted by Gasteiger charge is 2.46. The molecule has 0 aliphatic rings. The molecule has 2 N–H and O–H groups in total. The van der Waals surface area contributed by atoms with Crippen LogP contribution in [0.3, 0.4) is 0 Å². The van der Waals surface area contributed by atoms with Crippen molar-refractivity contribution in [3.63, 3.8) is 0 Å². The lowest BCUT2D eigenvalue weighted by Crippen LogP contribution is -2.48. The molecule has 0 heterocycles. The first-order valence-electron chi connectivity index (χ1n) is 18.6. The van der Waals surface area contributed by atoms with Crippen molar-refractivity contribution < 1.29 is 34.1 Å². The van der Waals surface area contributed by atoms with Crippen LogP contribution in [-0.2, 0) is 14.3 Å². The number of esters is 1. The zero-order valence-corrected chi connectivity index (χ0v) is 30.1. The van der Waals surface area contributed by atoms with E-state index in [1.165, 1.54) is 90.6 Å². The molecular formula is C41H64O7. The number of hydrogen-bond donors (Lipinski definition) is 2. The smallest absolute Gasteiger partial charge is 0.305 e. The van der Waals surface area contributed by atoms with Crippen molar-refractivity contribution in [3.8, 4) is 0 Å². The van der Waals surface area contributed by atoms with E-state index in [2.05, 4.69) is 6.92 Å². The van der Waals surface area contributed by atoms with E-state index >= 15 is 0 Å². The highest BCUT2D eigenvalue weighted by Crippen LogP contribution is 2.28. The Bertz CT molecular complexity index is 1030. The van der Waals surface area contributed by atoms with Crippen LogP contribution in [0.2, 0.25) is 0 Å². The zero-order valence-electron chi connectivity index (χ0n) is 30.1. The predicted octanol–water partition coefficient (Wildman–Crippen LogP) is 9.47. The summed E-state index contributed by atoms with van der Waals surface area (Å²) in [6, 6.07) is 17.7. The van der Waals surface area contributed by atoms with Crippen LogP contribution in [0.25, 0.3) is 0 Å². The molecule has 0 bridgehead atoms. The van der Waals surface area contributed by atoms with Crippen molar-refractivity contribution in [3.05, 3.63) is 71.8 Å². The Morgan fingerprint density at radius 3 is 1.40 bits per heavy atom. The molecular weight excluding hydrogens is 604 g/mol. The standard InChI is InChI=1S/C21H42O4.C20H22O3/c1-2-3-4-5-6-7-8-9-10-11-12-13-14-15-16-17-21(24)25-19-20(23)18-22;1-3-4-15-20(23-2,18(21)16-11-7-5-8-12-16)19(22)17-13-9-6-10-14-17/h20,22-23H,2-19H2,1H3;5-14H,3-4,15H2,1-2H3. The number of carbonyl (C=O) groups excluding carboxylic acids is 3. The molecule has 2 rings (SSSR count). The van der Waals surface area contributed by atoms with Gasteiger partial charge in [-0.1, -0.05) is 171 Å². The number of ether oxygens (including phenoxy) is 2. The number of benzene rings is 2. The number of Topliss-reactive ketones (excluding diaryl/α,β-unsaturated/α-hetero) is 2. The van der Waals surface area contributed by atoms with Crippen molar-refractivity contribution in [2.45, 2.75) is 148 Å². The third-order valence-electron chi connectivity index (χ3n) is 8.67. The average Bonchev–Trinajstić information content (AvgIpc) is 3.13. The molecule has 0 fully saturated rings. The SMILES string of the molecule is CCCCC(OC)(C(=O)c1ccccc1)C(=O)c1ccccc1.CCCCCCCCCCCCCCCCCC(=O)OCC(O)CO. The van der Waals surface area contributed by atoms with Gasteiger partial charge in [0.1, 0.15) is 12.7 Å². The number of rotatable bonds is 27. The Kier molecular flexibility index (Phi) is 25.2. The Balaban J connectivity index is 0.000000481. The molecule has 0 aliphatic carbocycles. The second-order valence-electron chi connectivity index (χ2n) is 12.7. The minimum atomic E-state index is -1.46. The number of methoxy groups -OCH3 is 1. The van der Waals surface area contributed by atoms with E-state index in [-0.39, 0.29) is 30.7 Å². The molecule has 0 saturated carbocycles. The second kappa shape index (κ2) is 28.0. The summed E-state index contributed by atoms with van der Waals surface area (Å²) < 4.78 is 10.4. The van der Waals surface area contributed by atoms with Crippen LogP contribution >= 0.6 is 0 Å². The molecule has 0 saturated heterocycles. The molecule has 0 radical (unpaired) electrons. The summed E-state index contributed by atoms with van der Waals surface area (Å²) in [5.41, 5.74) is -0.469. The average molecular weight is 669 g/mol. The molecule has 0 aliphatic heterocycles. The monoisotopic (exact) mass is 668 g/mol. The molecule has 2 aromatic rings. The van der Waals surface area contributed by atoms with Crippen LogP contribution in [0, 0.1) is 0 Å². The molecule has 0 aromatic heterocycles. The molecule has 7 nitrogen and oxygen atoms in total. The number of unbranched alkanes of at least 4 members (excludes halogenated alkanes) is 15. The summed E-state index contributed by atoms with van der Waals surface area (Å²) >= 11 is 0. The lowest BCUT2D eigenvalue weighted by atomic mass is 9.81. The molecule has 270 valence electrons. The number of carbonyl (C=O) groups is 3. The molecule has 2 aromatic carbocycles. The highest BCUT2D eigenvalue weighted by molar-refractivity contribution is 6.22. The summed E-state index contributed by atoms with van der Waals surface area (Å²) in [5.74, 6) is -0.826. The molecule has 1 unspecified atom stereocenters. The fraction of sp³-hybridized carbons (Fsp3) is 0.634. The lowest BCUT2D eigenvalue weighted by Gasteiger charge is -2.29. The fourth-order valence-corrected chi connectivity index (χ4v) is 5.64. The van der Waals surface area contributed by atoms with Crippen LogP contribution < -0.4 is 0 Å². The first-order valence-corrected chi connectivity index (χ1v) is 18.6. The van der Waals surface area contributed by atoms with E-state index in [4.69, 9.17) is 19.7 Å². The summed E-state index contributed by atoms with van der Waals surface area (Å²) in [7, 11) is 1.44. The van der Waals surface area contributed by atoms with Crippen LogP contribution in [0.5, 0.6) is 0 Å². The van der Waals surface area contributed by atoms with Gasteiger partial charge in [0.2, 0.25) is 11.6 Å². The Morgan fingerprint density at radius 2 is 1.02 bits per heavy atom. The molecule has 48 heavy (non-hydrogen) atoms. The molecule has 0 spiro atoms. The maximum atomic E-state index is 13.1. The van der Waals surface area contributed by atoms with Gasteiger partial charge >= 0.3 is 5.97 Å². The van der Waals surface area contributed by atoms with Crippen molar-refractivity contribution in [1.29, 1.82) is 0 Å². The van der Waals surface area contributed by atoms with Gasteiger partial charge in [0.05, 0.1) is 6.61 Å². The second-order valence-corrected chi connectivity index (χ2v) is 12.7. The normalized spacial score (nSPS) is 11.8. The van der Waals surface area contributed by atoms with Crippen molar-refractivity contribution >= 4 is 17.5 Å². The Morgan fingerprint density at radius 1 is 0.625 bits per heavy atom. The first kappa shape index (κ1) is 43.2. The van der Waals surface area contributed by atoms with Gasteiger partial charge in [-0.05, 0) is 19.3 Å². The quantitative estimate of drug-likeness (QED) is 0.0422. The Labute approximate surface area is 290 Å². The predicted molar refractivity (Wildman–Crippen MR) is 194 cm³/mol. The minimum absolute atomic E-state index is 0.103. The van der Waals surface area contributed by atoms with Crippen LogP contribution in [0.4, 0.5) is 0 Å². The maximum absolute atomic E-state index is 13.1. The van der Waals surface area contributed by atoms with E-state index in [1.807, 2.05) is 19.1 Å².